The molecule has 2 aromatic rings. The third-order valence-corrected chi connectivity index (χ3v) is 2.33. The fourth-order valence-electron chi connectivity index (χ4n) is 1.44. The van der Waals surface area contributed by atoms with Crippen molar-refractivity contribution < 1.29 is 20.1 Å². The van der Waals surface area contributed by atoms with Gasteiger partial charge < -0.3 is 20.3 Å². The molecular formula is C12H12N2O5. The van der Waals surface area contributed by atoms with Crippen molar-refractivity contribution in [1.82, 2.24) is 9.97 Å². The van der Waals surface area contributed by atoms with E-state index in [1.54, 1.807) is 12.1 Å². The topological polar surface area (TPSA) is 124 Å². The van der Waals surface area contributed by atoms with E-state index in [-0.39, 0.29) is 22.6 Å². The van der Waals surface area contributed by atoms with Crippen molar-refractivity contribution in [3.8, 4) is 17.0 Å². The van der Waals surface area contributed by atoms with E-state index in [0.29, 0.717) is 5.56 Å². The average molecular weight is 264 g/mol. The van der Waals surface area contributed by atoms with Crippen molar-refractivity contribution in [1.29, 1.82) is 0 Å². The molecule has 19 heavy (non-hydrogen) atoms. The number of aromatic amines is 1. The van der Waals surface area contributed by atoms with Gasteiger partial charge in [0.1, 0.15) is 17.1 Å². The lowest BCUT2D eigenvalue weighted by Gasteiger charge is -2.02. The Balaban J connectivity index is 0.00000180. The standard InChI is InChI=1S/C12H10N2O4.H2O/c1-18-12(17)9-6-13-10(11(16)14-9)7-2-4-8(15)5-3-7;/h2-6,15H,1H3,(H,14,16);1H2. The number of methoxy groups -OCH3 is 1. The molecule has 0 aliphatic carbocycles. The maximum absolute atomic E-state index is 11.8. The quantitative estimate of drug-likeness (QED) is 0.744. The van der Waals surface area contributed by atoms with Crippen molar-refractivity contribution in [3.05, 3.63) is 46.5 Å². The second kappa shape index (κ2) is 5.78. The smallest absolute Gasteiger partial charge is 0.356 e. The van der Waals surface area contributed by atoms with E-state index in [9.17, 15) is 9.59 Å². The summed E-state index contributed by atoms with van der Waals surface area (Å²) in [6.07, 6.45) is 1.23. The Morgan fingerprint density at radius 1 is 1.32 bits per heavy atom. The summed E-state index contributed by atoms with van der Waals surface area (Å²) in [5.74, 6) is -0.557. The van der Waals surface area contributed by atoms with E-state index in [1.165, 1.54) is 25.4 Å². The zero-order valence-corrected chi connectivity index (χ0v) is 10.0. The summed E-state index contributed by atoms with van der Waals surface area (Å²) in [6, 6.07) is 6.02. The molecule has 1 aromatic carbocycles. The molecule has 0 atom stereocenters. The number of ether oxygens (including phenoxy) is 1. The summed E-state index contributed by atoms with van der Waals surface area (Å²) in [6.45, 7) is 0. The third-order valence-electron chi connectivity index (χ3n) is 2.33. The first kappa shape index (κ1) is 14.4. The van der Waals surface area contributed by atoms with Crippen LogP contribution in [0.4, 0.5) is 0 Å². The van der Waals surface area contributed by atoms with Crippen LogP contribution < -0.4 is 5.56 Å². The summed E-state index contributed by atoms with van der Waals surface area (Å²) in [5.41, 5.74) is 0.210. The molecule has 0 radical (unpaired) electrons. The van der Waals surface area contributed by atoms with Gasteiger partial charge in [-0.05, 0) is 24.3 Å². The molecule has 7 heteroatoms. The summed E-state index contributed by atoms with van der Waals surface area (Å²) in [4.78, 5) is 29.3. The van der Waals surface area contributed by atoms with Gasteiger partial charge in [0, 0.05) is 5.56 Å². The zero-order valence-electron chi connectivity index (χ0n) is 10.0. The van der Waals surface area contributed by atoms with Crippen LogP contribution >= 0.6 is 0 Å². The van der Waals surface area contributed by atoms with Gasteiger partial charge >= 0.3 is 5.97 Å². The highest BCUT2D eigenvalue weighted by atomic mass is 16.5. The number of aromatic nitrogens is 2. The van der Waals surface area contributed by atoms with Gasteiger partial charge in [-0.25, -0.2) is 9.78 Å². The largest absolute Gasteiger partial charge is 0.508 e. The third kappa shape index (κ3) is 2.96. The van der Waals surface area contributed by atoms with Crippen molar-refractivity contribution >= 4 is 5.97 Å². The van der Waals surface area contributed by atoms with Crippen LogP contribution in [0, 0.1) is 0 Å². The Morgan fingerprint density at radius 2 is 1.95 bits per heavy atom. The molecule has 2 rings (SSSR count). The number of rotatable bonds is 2. The van der Waals surface area contributed by atoms with Crippen LogP contribution in [-0.4, -0.2) is 33.6 Å². The molecule has 100 valence electrons. The number of carbonyl (C=O) groups is 1. The number of hydrogen-bond acceptors (Lipinski definition) is 5. The summed E-state index contributed by atoms with van der Waals surface area (Å²) < 4.78 is 4.47. The molecular weight excluding hydrogens is 252 g/mol. The predicted octanol–water partition coefficient (Wildman–Crippen LogP) is 0.104. The lowest BCUT2D eigenvalue weighted by atomic mass is 10.1. The molecule has 0 bridgehead atoms. The number of carbonyl (C=O) groups excluding carboxylic acids is 1. The Kier molecular flexibility index (Phi) is 4.38. The minimum absolute atomic E-state index is 0. The van der Waals surface area contributed by atoms with E-state index >= 15 is 0 Å². The number of phenolic OH excluding ortho intramolecular Hbond substituents is 1. The van der Waals surface area contributed by atoms with Gasteiger partial charge in [0.25, 0.3) is 5.56 Å². The van der Waals surface area contributed by atoms with E-state index in [0.717, 1.165) is 0 Å². The van der Waals surface area contributed by atoms with Crippen molar-refractivity contribution in [2.75, 3.05) is 7.11 Å². The average Bonchev–Trinajstić information content (AvgIpc) is 2.39. The van der Waals surface area contributed by atoms with Crippen molar-refractivity contribution in [2.45, 2.75) is 0 Å². The first-order valence-corrected chi connectivity index (χ1v) is 5.09. The van der Waals surface area contributed by atoms with Gasteiger partial charge in [0.2, 0.25) is 0 Å². The number of aromatic hydroxyl groups is 1. The summed E-state index contributed by atoms with van der Waals surface area (Å²) in [5, 5.41) is 9.15. The van der Waals surface area contributed by atoms with Gasteiger partial charge in [-0.3, -0.25) is 4.79 Å². The zero-order chi connectivity index (χ0) is 13.1. The highest BCUT2D eigenvalue weighted by Gasteiger charge is 2.10. The highest BCUT2D eigenvalue weighted by Crippen LogP contribution is 2.16. The number of H-pyrrole nitrogens is 1. The Hall–Kier alpha value is -2.67. The predicted molar refractivity (Wildman–Crippen MR) is 66.9 cm³/mol. The number of hydrogen-bond donors (Lipinski definition) is 2. The first-order valence-electron chi connectivity index (χ1n) is 5.09. The summed E-state index contributed by atoms with van der Waals surface area (Å²) >= 11 is 0. The lowest BCUT2D eigenvalue weighted by molar-refractivity contribution is 0.0593. The molecule has 0 amide bonds. The Bertz CT molecular complexity index is 633. The van der Waals surface area contributed by atoms with Crippen LogP contribution in [0.2, 0.25) is 0 Å². The van der Waals surface area contributed by atoms with Crippen LogP contribution in [-0.2, 0) is 4.74 Å². The van der Waals surface area contributed by atoms with Gasteiger partial charge in [0.05, 0.1) is 13.3 Å². The second-order valence-electron chi connectivity index (χ2n) is 3.51. The Morgan fingerprint density at radius 3 is 2.47 bits per heavy atom. The maximum Gasteiger partial charge on any atom is 0.356 e. The molecule has 0 aliphatic heterocycles. The fraction of sp³-hybridized carbons (Fsp3) is 0.0833. The van der Waals surface area contributed by atoms with Crippen LogP contribution in [0.5, 0.6) is 5.75 Å². The molecule has 7 nitrogen and oxygen atoms in total. The number of nitrogens with one attached hydrogen (secondary N) is 1. The Labute approximate surface area is 107 Å². The number of nitrogens with zero attached hydrogens (tertiary/aromatic N) is 1. The molecule has 1 heterocycles. The minimum Gasteiger partial charge on any atom is -0.508 e. The maximum atomic E-state index is 11.8. The van der Waals surface area contributed by atoms with E-state index in [2.05, 4.69) is 14.7 Å². The van der Waals surface area contributed by atoms with Gasteiger partial charge in [0.15, 0.2) is 0 Å². The molecule has 0 fully saturated rings. The van der Waals surface area contributed by atoms with Crippen LogP contribution in [0.1, 0.15) is 10.5 Å². The summed E-state index contributed by atoms with van der Waals surface area (Å²) in [7, 11) is 1.22. The van der Waals surface area contributed by atoms with Crippen molar-refractivity contribution in [2.24, 2.45) is 0 Å². The minimum atomic E-state index is -0.656. The highest BCUT2D eigenvalue weighted by molar-refractivity contribution is 5.86. The van der Waals surface area contributed by atoms with Crippen LogP contribution in [0.15, 0.2) is 35.3 Å². The number of benzene rings is 1. The van der Waals surface area contributed by atoms with Crippen molar-refractivity contribution in [3.63, 3.8) is 0 Å². The van der Waals surface area contributed by atoms with E-state index < -0.39 is 11.5 Å². The van der Waals surface area contributed by atoms with E-state index in [4.69, 9.17) is 5.11 Å². The van der Waals surface area contributed by atoms with Gasteiger partial charge in [-0.15, -0.1) is 0 Å². The molecule has 0 aliphatic rings. The second-order valence-corrected chi connectivity index (χ2v) is 3.51. The molecule has 0 unspecified atom stereocenters. The lowest BCUT2D eigenvalue weighted by Crippen LogP contribution is -2.17. The van der Waals surface area contributed by atoms with Crippen LogP contribution in [0.25, 0.3) is 11.3 Å². The van der Waals surface area contributed by atoms with Gasteiger partial charge in [-0.2, -0.15) is 0 Å². The fourth-order valence-corrected chi connectivity index (χ4v) is 1.44. The molecule has 0 saturated heterocycles. The molecule has 1 aromatic heterocycles. The van der Waals surface area contributed by atoms with Crippen LogP contribution in [0.3, 0.4) is 0 Å². The van der Waals surface area contributed by atoms with Gasteiger partial charge in [-0.1, -0.05) is 0 Å². The molecule has 4 N–H and O–H groups in total. The molecule has 0 spiro atoms. The van der Waals surface area contributed by atoms with E-state index in [1.807, 2.05) is 0 Å². The number of phenols is 1. The first-order chi connectivity index (χ1) is 8.61. The SMILES string of the molecule is COC(=O)c1cnc(-c2ccc(O)cc2)c(=O)[nH]1.O. The monoisotopic (exact) mass is 264 g/mol. The normalized spacial score (nSPS) is 9.53. The number of esters is 1. The molecule has 0 saturated carbocycles.